The molecule has 0 amide bonds. The Bertz CT molecular complexity index is 497. The highest BCUT2D eigenvalue weighted by molar-refractivity contribution is 5.80. The summed E-state index contributed by atoms with van der Waals surface area (Å²) in [6, 6.07) is 1.21. The van der Waals surface area contributed by atoms with Crippen LogP contribution < -0.4 is 10.6 Å². The molecule has 2 N–H and O–H groups in total. The summed E-state index contributed by atoms with van der Waals surface area (Å²) in [5.41, 5.74) is 0.260. The highest BCUT2D eigenvalue weighted by Gasteiger charge is 2.39. The predicted molar refractivity (Wildman–Crippen MR) is 124 cm³/mol. The molecule has 29 heavy (non-hydrogen) atoms. The molecule has 0 aromatic heterocycles. The van der Waals surface area contributed by atoms with E-state index in [1.54, 1.807) is 0 Å². The first-order valence-electron chi connectivity index (χ1n) is 12.2. The molecule has 0 saturated carbocycles. The number of rotatable bonds is 6. The van der Waals surface area contributed by atoms with Crippen LogP contribution in [-0.2, 0) is 0 Å². The maximum atomic E-state index is 5.18. The van der Waals surface area contributed by atoms with Gasteiger partial charge < -0.3 is 20.4 Å². The fraction of sp³-hybridized carbons (Fsp3) is 0.957. The van der Waals surface area contributed by atoms with Gasteiger partial charge in [0.05, 0.1) is 6.54 Å². The van der Waals surface area contributed by atoms with Crippen LogP contribution in [0.25, 0.3) is 0 Å². The monoisotopic (exact) mass is 406 g/mol. The van der Waals surface area contributed by atoms with Gasteiger partial charge in [-0.25, -0.2) is 0 Å². The third-order valence-corrected chi connectivity index (χ3v) is 7.42. The van der Waals surface area contributed by atoms with Crippen molar-refractivity contribution in [3.8, 4) is 0 Å². The minimum atomic E-state index is 0.260. The van der Waals surface area contributed by atoms with Gasteiger partial charge in [-0.05, 0) is 92.5 Å². The van der Waals surface area contributed by atoms with Crippen LogP contribution in [0.4, 0.5) is 0 Å². The second-order valence-corrected chi connectivity index (χ2v) is 9.82. The zero-order valence-electron chi connectivity index (χ0n) is 19.6. The molecule has 3 rings (SSSR count). The van der Waals surface area contributed by atoms with Gasteiger partial charge in [0.2, 0.25) is 0 Å². The number of hydrogen-bond acceptors (Lipinski definition) is 4. The van der Waals surface area contributed by atoms with Gasteiger partial charge in [0.15, 0.2) is 5.96 Å². The molecule has 168 valence electrons. The molecule has 3 saturated heterocycles. The summed E-state index contributed by atoms with van der Waals surface area (Å²) in [4.78, 5) is 13.0. The fourth-order valence-electron chi connectivity index (χ4n) is 5.28. The maximum Gasteiger partial charge on any atom is 0.191 e. The Labute approximate surface area is 179 Å². The van der Waals surface area contributed by atoms with Crippen LogP contribution >= 0.6 is 0 Å². The van der Waals surface area contributed by atoms with Crippen LogP contribution in [-0.4, -0.2) is 97.7 Å². The van der Waals surface area contributed by atoms with Gasteiger partial charge in [0, 0.05) is 37.3 Å². The molecule has 0 aromatic rings. The number of nitrogens with one attached hydrogen (secondary N) is 2. The molecule has 0 bridgehead atoms. The predicted octanol–water partition coefficient (Wildman–Crippen LogP) is 2.36. The van der Waals surface area contributed by atoms with Crippen molar-refractivity contribution in [2.24, 2.45) is 4.99 Å². The Hall–Kier alpha value is -0.850. The highest BCUT2D eigenvalue weighted by Crippen LogP contribution is 2.31. The Morgan fingerprint density at radius 1 is 1.00 bits per heavy atom. The third-order valence-electron chi connectivity index (χ3n) is 7.42. The first kappa shape index (κ1) is 22.8. The second kappa shape index (κ2) is 11.0. The standard InChI is InChI=1S/C23H46N6/c1-5-24-22(26-21-9-15-28(16-10-21)20(2)3)25-19-23(11-17-27(4)18-12-23)29-13-7-6-8-14-29/h20-21H,5-19H2,1-4H3,(H2,24,25,26). The van der Waals surface area contributed by atoms with Crippen molar-refractivity contribution >= 4 is 5.96 Å². The second-order valence-electron chi connectivity index (χ2n) is 9.82. The molecule has 0 atom stereocenters. The number of piperidine rings is 3. The molecule has 6 nitrogen and oxygen atoms in total. The van der Waals surface area contributed by atoms with Crippen molar-refractivity contribution in [2.75, 3.05) is 59.4 Å². The van der Waals surface area contributed by atoms with E-state index >= 15 is 0 Å². The van der Waals surface area contributed by atoms with Gasteiger partial charge in [-0.1, -0.05) is 6.42 Å². The fourth-order valence-corrected chi connectivity index (χ4v) is 5.28. The molecule has 3 heterocycles. The van der Waals surface area contributed by atoms with Crippen molar-refractivity contribution in [3.05, 3.63) is 0 Å². The molecule has 0 aliphatic carbocycles. The SMILES string of the molecule is CCNC(=NCC1(N2CCCCC2)CCN(C)CC1)NC1CCN(C(C)C)CC1. The van der Waals surface area contributed by atoms with E-state index in [9.17, 15) is 0 Å². The average molecular weight is 407 g/mol. The van der Waals surface area contributed by atoms with E-state index in [1.165, 1.54) is 84.2 Å². The summed E-state index contributed by atoms with van der Waals surface area (Å²) in [6.07, 6.45) is 9.03. The molecule has 0 aromatic carbocycles. The molecular formula is C23H46N6. The largest absolute Gasteiger partial charge is 0.357 e. The van der Waals surface area contributed by atoms with E-state index in [0.717, 1.165) is 19.0 Å². The van der Waals surface area contributed by atoms with Crippen LogP contribution in [0.5, 0.6) is 0 Å². The highest BCUT2D eigenvalue weighted by atomic mass is 15.3. The minimum Gasteiger partial charge on any atom is -0.357 e. The van der Waals surface area contributed by atoms with E-state index in [0.29, 0.717) is 12.1 Å². The lowest BCUT2D eigenvalue weighted by atomic mass is 9.84. The quantitative estimate of drug-likeness (QED) is 0.524. The first-order valence-corrected chi connectivity index (χ1v) is 12.2. The number of likely N-dealkylation sites (tertiary alicyclic amines) is 3. The number of nitrogens with zero attached hydrogens (tertiary/aromatic N) is 4. The van der Waals surface area contributed by atoms with E-state index < -0.39 is 0 Å². The van der Waals surface area contributed by atoms with Crippen molar-refractivity contribution in [1.82, 2.24) is 25.3 Å². The molecule has 6 heteroatoms. The van der Waals surface area contributed by atoms with Gasteiger partial charge in [0.25, 0.3) is 0 Å². The van der Waals surface area contributed by atoms with Crippen molar-refractivity contribution < 1.29 is 0 Å². The van der Waals surface area contributed by atoms with E-state index in [2.05, 4.69) is 53.2 Å². The lowest BCUT2D eigenvalue weighted by molar-refractivity contribution is 0.0208. The van der Waals surface area contributed by atoms with E-state index in [1.807, 2.05) is 0 Å². The normalized spacial score (nSPS) is 26.0. The number of aliphatic imine (C=N–C) groups is 1. The zero-order valence-corrected chi connectivity index (χ0v) is 19.6. The van der Waals surface area contributed by atoms with Crippen LogP contribution in [0.2, 0.25) is 0 Å². The maximum absolute atomic E-state index is 5.18. The molecular weight excluding hydrogens is 360 g/mol. The lowest BCUT2D eigenvalue weighted by Crippen LogP contribution is -2.58. The topological polar surface area (TPSA) is 46.1 Å². The Morgan fingerprint density at radius 2 is 1.66 bits per heavy atom. The van der Waals surface area contributed by atoms with Gasteiger partial charge >= 0.3 is 0 Å². The van der Waals surface area contributed by atoms with Crippen LogP contribution in [0.15, 0.2) is 4.99 Å². The van der Waals surface area contributed by atoms with Crippen LogP contribution in [0.3, 0.4) is 0 Å². The van der Waals surface area contributed by atoms with Gasteiger partial charge in [-0.15, -0.1) is 0 Å². The van der Waals surface area contributed by atoms with Gasteiger partial charge in [-0.3, -0.25) is 9.89 Å². The summed E-state index contributed by atoms with van der Waals surface area (Å²) >= 11 is 0. The summed E-state index contributed by atoms with van der Waals surface area (Å²) < 4.78 is 0. The first-order chi connectivity index (χ1) is 14.0. The third kappa shape index (κ3) is 6.31. The Kier molecular flexibility index (Phi) is 8.63. The number of hydrogen-bond donors (Lipinski definition) is 2. The molecule has 0 unspecified atom stereocenters. The van der Waals surface area contributed by atoms with Crippen molar-refractivity contribution in [1.29, 1.82) is 0 Å². The molecule has 3 fully saturated rings. The average Bonchev–Trinajstić information content (AvgIpc) is 2.74. The molecule has 0 spiro atoms. The summed E-state index contributed by atoms with van der Waals surface area (Å²) in [6.45, 7) is 16.0. The van der Waals surface area contributed by atoms with E-state index in [-0.39, 0.29) is 5.54 Å². The van der Waals surface area contributed by atoms with Crippen LogP contribution in [0, 0.1) is 0 Å². The van der Waals surface area contributed by atoms with Crippen LogP contribution in [0.1, 0.15) is 65.7 Å². The smallest absolute Gasteiger partial charge is 0.191 e. The summed E-state index contributed by atoms with van der Waals surface area (Å²) in [5, 5.41) is 7.30. The van der Waals surface area contributed by atoms with Gasteiger partial charge in [0.1, 0.15) is 0 Å². The minimum absolute atomic E-state index is 0.260. The molecule has 3 aliphatic heterocycles. The van der Waals surface area contributed by atoms with Gasteiger partial charge in [-0.2, -0.15) is 0 Å². The van der Waals surface area contributed by atoms with E-state index in [4.69, 9.17) is 4.99 Å². The molecule has 0 radical (unpaired) electrons. The lowest BCUT2D eigenvalue weighted by Gasteiger charge is -2.49. The zero-order chi connectivity index (χ0) is 20.7. The summed E-state index contributed by atoms with van der Waals surface area (Å²) in [5.74, 6) is 1.03. The summed E-state index contributed by atoms with van der Waals surface area (Å²) in [7, 11) is 2.26. The Morgan fingerprint density at radius 3 is 2.24 bits per heavy atom. The molecule has 3 aliphatic rings. The number of guanidine groups is 1. The van der Waals surface area contributed by atoms with Crippen molar-refractivity contribution in [2.45, 2.75) is 83.3 Å². The Balaban J connectivity index is 1.63. The van der Waals surface area contributed by atoms with Crippen molar-refractivity contribution in [3.63, 3.8) is 0 Å².